The van der Waals surface area contributed by atoms with Gasteiger partial charge in [0.1, 0.15) is 13.2 Å². The number of esters is 2. The van der Waals surface area contributed by atoms with Crippen molar-refractivity contribution in [1.82, 2.24) is 0 Å². The van der Waals surface area contributed by atoms with Crippen molar-refractivity contribution in [3.8, 4) is 0 Å². The fraction of sp³-hybridized carbons (Fsp3) is 0.556. The fourth-order valence-corrected chi connectivity index (χ4v) is 1.51. The third kappa shape index (κ3) is 7.57. The van der Waals surface area contributed by atoms with Crippen molar-refractivity contribution in [3.63, 3.8) is 0 Å². The molecule has 1 unspecified atom stereocenters. The van der Waals surface area contributed by atoms with Crippen molar-refractivity contribution in [1.29, 1.82) is 0 Å². The first-order valence-electron chi connectivity index (χ1n) is 7.65. The van der Waals surface area contributed by atoms with Crippen LogP contribution in [0.1, 0.15) is 34.1 Å². The number of carbonyl (C=O) groups excluding carboxylic acids is 2. The molecule has 0 bridgehead atoms. The summed E-state index contributed by atoms with van der Waals surface area (Å²) in [6.07, 6.45) is -0.660. The summed E-state index contributed by atoms with van der Waals surface area (Å²) in [6.45, 7) is 17.1. The van der Waals surface area contributed by atoms with Crippen molar-refractivity contribution in [2.75, 3.05) is 19.8 Å². The Kier molecular flexibility index (Phi) is 9.25. The molecule has 6 nitrogen and oxygen atoms in total. The number of aliphatic hydroxyl groups excluding tert-OH is 1. The van der Waals surface area contributed by atoms with E-state index in [1.165, 1.54) is 0 Å². The minimum atomic E-state index is -1.15. The zero-order chi connectivity index (χ0) is 18.9. The van der Waals surface area contributed by atoms with Crippen LogP contribution in [0.25, 0.3) is 0 Å². The van der Waals surface area contributed by atoms with Gasteiger partial charge < -0.3 is 19.3 Å². The number of carbonyl (C=O) groups is 2. The number of ether oxygens (including phenoxy) is 3. The van der Waals surface area contributed by atoms with Crippen molar-refractivity contribution in [3.05, 3.63) is 36.5 Å². The molecule has 0 saturated carbocycles. The molecule has 1 N–H and O–H groups in total. The lowest BCUT2D eigenvalue weighted by atomic mass is 9.88. The summed E-state index contributed by atoms with van der Waals surface area (Å²) in [6, 6.07) is 0. The first-order valence-corrected chi connectivity index (χ1v) is 7.65. The second-order valence-corrected chi connectivity index (χ2v) is 6.08. The maximum Gasteiger partial charge on any atom is 0.333 e. The van der Waals surface area contributed by atoms with Crippen LogP contribution in [0.4, 0.5) is 0 Å². The van der Waals surface area contributed by atoms with Gasteiger partial charge in [-0.1, -0.05) is 26.7 Å². The molecule has 0 aliphatic heterocycles. The molecule has 0 radical (unpaired) electrons. The van der Waals surface area contributed by atoms with Gasteiger partial charge in [-0.2, -0.15) is 0 Å². The molecule has 1 atom stereocenters. The molecule has 0 aromatic heterocycles. The quantitative estimate of drug-likeness (QED) is 0.269. The van der Waals surface area contributed by atoms with Crippen LogP contribution in [0.5, 0.6) is 0 Å². The molecular formula is C18H28O6. The number of rotatable bonds is 11. The predicted octanol–water partition coefficient (Wildman–Crippen LogP) is 2.53. The molecule has 0 spiro atoms. The summed E-state index contributed by atoms with van der Waals surface area (Å²) in [7, 11) is 0. The summed E-state index contributed by atoms with van der Waals surface area (Å²) in [5.41, 5.74) is 0.175. The van der Waals surface area contributed by atoms with Crippen molar-refractivity contribution >= 4 is 11.9 Å². The Morgan fingerprint density at radius 3 is 1.67 bits per heavy atom. The van der Waals surface area contributed by atoms with Gasteiger partial charge >= 0.3 is 11.9 Å². The molecule has 0 aromatic rings. The summed E-state index contributed by atoms with van der Waals surface area (Å²) >= 11 is 0. The molecule has 0 aliphatic rings. The lowest BCUT2D eigenvalue weighted by Gasteiger charge is -2.32. The molecule has 0 fully saturated rings. The molecule has 0 aliphatic carbocycles. The van der Waals surface area contributed by atoms with Crippen LogP contribution in [0, 0.1) is 5.41 Å². The minimum absolute atomic E-state index is 0.0183. The maximum absolute atomic E-state index is 11.7. The Balaban J connectivity index is 5.07. The average molecular weight is 340 g/mol. The molecule has 0 aromatic carbocycles. The number of hydrogen-bond acceptors (Lipinski definition) is 6. The van der Waals surface area contributed by atoms with E-state index in [1.54, 1.807) is 20.8 Å². The Hall–Kier alpha value is -1.92. The average Bonchev–Trinajstić information content (AvgIpc) is 2.53. The van der Waals surface area contributed by atoms with Gasteiger partial charge in [-0.25, -0.2) is 9.59 Å². The zero-order valence-corrected chi connectivity index (χ0v) is 15.0. The molecule has 0 saturated heterocycles. The van der Waals surface area contributed by atoms with Crippen LogP contribution in [0.2, 0.25) is 0 Å². The zero-order valence-electron chi connectivity index (χ0n) is 15.0. The topological polar surface area (TPSA) is 82.1 Å². The summed E-state index contributed by atoms with van der Waals surface area (Å²) in [5, 5.41) is 9.75. The van der Waals surface area contributed by atoms with E-state index in [9.17, 15) is 14.7 Å². The van der Waals surface area contributed by atoms with Crippen LogP contribution in [-0.2, 0) is 23.8 Å². The second kappa shape index (κ2) is 10.1. The van der Waals surface area contributed by atoms with Crippen molar-refractivity contribution in [2.24, 2.45) is 5.41 Å². The largest absolute Gasteiger partial charge is 0.462 e. The highest BCUT2D eigenvalue weighted by Crippen LogP contribution is 2.26. The first kappa shape index (κ1) is 22.1. The number of hydrogen-bond donors (Lipinski definition) is 1. The third-order valence-electron chi connectivity index (χ3n) is 3.43. The maximum atomic E-state index is 11.7. The molecule has 136 valence electrons. The van der Waals surface area contributed by atoms with Gasteiger partial charge in [-0.15, -0.1) is 0 Å². The van der Waals surface area contributed by atoms with Gasteiger partial charge in [0.2, 0.25) is 0 Å². The van der Waals surface area contributed by atoms with Gasteiger partial charge in [0, 0.05) is 11.1 Å². The van der Waals surface area contributed by atoms with Crippen LogP contribution in [-0.4, -0.2) is 43.2 Å². The molecular weight excluding hydrogens is 312 g/mol. The van der Waals surface area contributed by atoms with E-state index in [0.29, 0.717) is 12.0 Å². The van der Waals surface area contributed by atoms with E-state index in [2.05, 4.69) is 19.7 Å². The van der Waals surface area contributed by atoms with Crippen LogP contribution in [0.3, 0.4) is 0 Å². The highest BCUT2D eigenvalue weighted by atomic mass is 16.6. The minimum Gasteiger partial charge on any atom is -0.462 e. The summed E-state index contributed by atoms with van der Waals surface area (Å²) in [4.78, 5) is 23.3. The number of aliphatic hydroxyl groups is 1. The van der Waals surface area contributed by atoms with Gasteiger partial charge in [0.25, 0.3) is 0 Å². The lowest BCUT2D eigenvalue weighted by molar-refractivity contribution is -0.161. The Bertz CT molecular complexity index is 476. The van der Waals surface area contributed by atoms with Crippen LogP contribution < -0.4 is 0 Å². The molecule has 0 rings (SSSR count). The summed E-state index contributed by atoms with van der Waals surface area (Å²) < 4.78 is 15.8. The van der Waals surface area contributed by atoms with Gasteiger partial charge in [-0.3, -0.25) is 0 Å². The Morgan fingerprint density at radius 2 is 1.38 bits per heavy atom. The Morgan fingerprint density at radius 1 is 0.958 bits per heavy atom. The lowest BCUT2D eigenvalue weighted by Crippen LogP contribution is -2.39. The second-order valence-electron chi connectivity index (χ2n) is 6.08. The summed E-state index contributed by atoms with van der Waals surface area (Å²) in [5.74, 6) is -1.08. The van der Waals surface area contributed by atoms with E-state index < -0.39 is 23.6 Å². The van der Waals surface area contributed by atoms with Crippen molar-refractivity contribution < 1.29 is 28.9 Å². The Labute approximate surface area is 143 Å². The predicted molar refractivity (Wildman–Crippen MR) is 91.0 cm³/mol. The fourth-order valence-electron chi connectivity index (χ4n) is 1.51. The van der Waals surface area contributed by atoms with Gasteiger partial charge in [0.15, 0.2) is 6.29 Å². The highest BCUT2D eigenvalue weighted by Gasteiger charge is 2.34. The molecule has 24 heavy (non-hydrogen) atoms. The molecule has 0 heterocycles. The third-order valence-corrected chi connectivity index (χ3v) is 3.43. The molecule has 0 amide bonds. The SMILES string of the molecule is C=C(C)C(=O)OCC(CC)(COC(=O)C(=C)C)COC(O)C(=C)C. The van der Waals surface area contributed by atoms with E-state index in [0.717, 1.165) is 0 Å². The first-order chi connectivity index (χ1) is 11.0. The van der Waals surface area contributed by atoms with E-state index in [1.807, 2.05) is 6.92 Å². The van der Waals surface area contributed by atoms with E-state index >= 15 is 0 Å². The van der Waals surface area contributed by atoms with Gasteiger partial charge in [-0.05, 0) is 32.8 Å². The van der Waals surface area contributed by atoms with E-state index in [4.69, 9.17) is 14.2 Å². The van der Waals surface area contributed by atoms with Crippen LogP contribution >= 0.6 is 0 Å². The standard InChI is InChI=1S/C18H28O6/c1-8-18(9-22-15(19)12(2)3,10-23-16(20)13(4)5)11-24-17(21)14(6)7/h15,19H,2,4,6,8-11H2,1,3,5,7H3. The van der Waals surface area contributed by atoms with Crippen molar-refractivity contribution in [2.45, 2.75) is 40.4 Å². The normalized spacial score (nSPS) is 12.2. The van der Waals surface area contributed by atoms with Gasteiger partial charge in [0.05, 0.1) is 12.0 Å². The van der Waals surface area contributed by atoms with Crippen LogP contribution in [0.15, 0.2) is 36.5 Å². The van der Waals surface area contributed by atoms with E-state index in [-0.39, 0.29) is 31.0 Å². The molecule has 6 heteroatoms. The highest BCUT2D eigenvalue weighted by molar-refractivity contribution is 5.87. The monoisotopic (exact) mass is 340 g/mol. The smallest absolute Gasteiger partial charge is 0.333 e.